The average Bonchev–Trinajstić information content (AvgIpc) is 2.57. The predicted molar refractivity (Wildman–Crippen MR) is 59.7 cm³/mol. The fourth-order valence-electron chi connectivity index (χ4n) is 1.53. The summed E-state index contributed by atoms with van der Waals surface area (Å²) in [4.78, 5) is 4.33. The van der Waals surface area contributed by atoms with Crippen LogP contribution in [0.4, 0.5) is 13.2 Å². The maximum Gasteiger partial charge on any atom is 0.573 e. The molecule has 98 valence electrons. The van der Waals surface area contributed by atoms with E-state index in [1.807, 2.05) is 13.8 Å². The van der Waals surface area contributed by atoms with E-state index in [9.17, 15) is 13.2 Å². The van der Waals surface area contributed by atoms with Gasteiger partial charge in [-0.1, -0.05) is 0 Å². The molecule has 0 bridgehead atoms. The van der Waals surface area contributed by atoms with E-state index in [0.29, 0.717) is 18.1 Å². The Bertz CT molecular complexity index is 463. The molecule has 0 atom stereocenters. The van der Waals surface area contributed by atoms with Crippen LogP contribution in [0.2, 0.25) is 0 Å². The van der Waals surface area contributed by atoms with Gasteiger partial charge in [0.15, 0.2) is 0 Å². The lowest BCUT2D eigenvalue weighted by molar-refractivity contribution is -0.274. The molecule has 0 amide bonds. The van der Waals surface area contributed by atoms with E-state index in [-0.39, 0.29) is 11.3 Å². The number of halogens is 3. The lowest BCUT2D eigenvalue weighted by atomic mass is 10.1. The largest absolute Gasteiger partial charge is 0.573 e. The number of hydrogen-bond donors (Lipinski definition) is 0. The Morgan fingerprint density at radius 3 is 2.28 bits per heavy atom. The van der Waals surface area contributed by atoms with Crippen molar-refractivity contribution in [3.8, 4) is 5.75 Å². The van der Waals surface area contributed by atoms with Crippen molar-refractivity contribution in [2.75, 3.05) is 6.61 Å². The molecule has 2 rings (SSSR count). The van der Waals surface area contributed by atoms with Gasteiger partial charge in [0, 0.05) is 5.56 Å². The van der Waals surface area contributed by atoms with Gasteiger partial charge in [0.2, 0.25) is 5.90 Å². The van der Waals surface area contributed by atoms with Crippen LogP contribution in [-0.4, -0.2) is 24.4 Å². The summed E-state index contributed by atoms with van der Waals surface area (Å²) in [5.41, 5.74) is 0.339. The summed E-state index contributed by atoms with van der Waals surface area (Å²) < 4.78 is 45.1. The minimum Gasteiger partial charge on any atom is -0.475 e. The van der Waals surface area contributed by atoms with Crippen molar-refractivity contribution in [3.05, 3.63) is 29.8 Å². The Hall–Kier alpha value is -1.72. The van der Waals surface area contributed by atoms with E-state index >= 15 is 0 Å². The first kappa shape index (κ1) is 12.7. The van der Waals surface area contributed by atoms with E-state index in [4.69, 9.17) is 4.74 Å². The highest BCUT2D eigenvalue weighted by Crippen LogP contribution is 2.25. The van der Waals surface area contributed by atoms with Crippen molar-refractivity contribution in [1.82, 2.24) is 0 Å². The van der Waals surface area contributed by atoms with Crippen molar-refractivity contribution in [1.29, 1.82) is 0 Å². The molecule has 0 N–H and O–H groups in total. The molecule has 1 aromatic rings. The Morgan fingerprint density at radius 1 is 1.22 bits per heavy atom. The summed E-state index contributed by atoms with van der Waals surface area (Å²) in [6, 6.07) is 5.45. The van der Waals surface area contributed by atoms with E-state index in [1.54, 1.807) is 0 Å². The molecule has 1 aliphatic heterocycles. The summed E-state index contributed by atoms with van der Waals surface area (Å²) >= 11 is 0. The van der Waals surface area contributed by atoms with Crippen LogP contribution in [0.15, 0.2) is 29.3 Å². The summed E-state index contributed by atoms with van der Waals surface area (Å²) in [5, 5.41) is 0. The third-order valence-corrected chi connectivity index (χ3v) is 2.30. The third-order valence-electron chi connectivity index (χ3n) is 2.30. The van der Waals surface area contributed by atoms with Crippen LogP contribution >= 0.6 is 0 Å². The Labute approximate surface area is 102 Å². The van der Waals surface area contributed by atoms with E-state index < -0.39 is 6.36 Å². The standard InChI is InChI=1S/C12H12F3NO2/c1-11(2)7-17-10(16-11)8-3-5-9(6-4-8)18-12(13,14)15/h3-6H,7H2,1-2H3. The van der Waals surface area contributed by atoms with Crippen LogP contribution < -0.4 is 4.74 Å². The number of aliphatic imine (C=N–C) groups is 1. The van der Waals surface area contributed by atoms with Crippen molar-refractivity contribution in [2.45, 2.75) is 25.7 Å². The van der Waals surface area contributed by atoms with Gasteiger partial charge in [-0.05, 0) is 38.1 Å². The van der Waals surface area contributed by atoms with Crippen molar-refractivity contribution >= 4 is 5.90 Å². The number of rotatable bonds is 2. The van der Waals surface area contributed by atoms with Crippen LogP contribution in [0.1, 0.15) is 19.4 Å². The first-order chi connectivity index (χ1) is 8.25. The topological polar surface area (TPSA) is 30.8 Å². The van der Waals surface area contributed by atoms with Gasteiger partial charge in [-0.15, -0.1) is 13.2 Å². The van der Waals surface area contributed by atoms with Crippen molar-refractivity contribution < 1.29 is 22.6 Å². The first-order valence-electron chi connectivity index (χ1n) is 5.34. The normalized spacial score (nSPS) is 18.2. The van der Waals surface area contributed by atoms with Crippen LogP contribution in [0.25, 0.3) is 0 Å². The van der Waals surface area contributed by atoms with Gasteiger partial charge in [0.25, 0.3) is 0 Å². The lowest BCUT2D eigenvalue weighted by Gasteiger charge is -2.09. The maximum absolute atomic E-state index is 12.0. The zero-order chi connectivity index (χ0) is 13.4. The van der Waals surface area contributed by atoms with Crippen LogP contribution in [0.3, 0.4) is 0 Å². The smallest absolute Gasteiger partial charge is 0.475 e. The highest BCUT2D eigenvalue weighted by molar-refractivity contribution is 5.95. The van der Waals surface area contributed by atoms with Gasteiger partial charge in [-0.2, -0.15) is 0 Å². The summed E-state index contributed by atoms with van der Waals surface area (Å²) in [6.45, 7) is 4.30. The molecule has 0 spiro atoms. The first-order valence-corrected chi connectivity index (χ1v) is 5.34. The second-order valence-corrected chi connectivity index (χ2v) is 4.59. The van der Waals surface area contributed by atoms with Crippen molar-refractivity contribution in [3.63, 3.8) is 0 Å². The molecule has 0 radical (unpaired) electrons. The highest BCUT2D eigenvalue weighted by Gasteiger charge is 2.31. The number of benzene rings is 1. The van der Waals surface area contributed by atoms with Gasteiger partial charge in [-0.25, -0.2) is 4.99 Å². The molecular weight excluding hydrogens is 247 g/mol. The van der Waals surface area contributed by atoms with E-state index in [0.717, 1.165) is 0 Å². The van der Waals surface area contributed by atoms with Gasteiger partial charge in [0.1, 0.15) is 12.4 Å². The zero-order valence-electron chi connectivity index (χ0n) is 9.91. The van der Waals surface area contributed by atoms with Gasteiger partial charge in [-0.3, -0.25) is 0 Å². The molecule has 0 saturated carbocycles. The van der Waals surface area contributed by atoms with E-state index in [1.165, 1.54) is 24.3 Å². The molecule has 1 aromatic carbocycles. The van der Waals surface area contributed by atoms with E-state index in [2.05, 4.69) is 9.73 Å². The Kier molecular flexibility index (Phi) is 2.96. The monoisotopic (exact) mass is 259 g/mol. The van der Waals surface area contributed by atoms with Gasteiger partial charge in [0.05, 0.1) is 5.54 Å². The number of ether oxygens (including phenoxy) is 2. The second kappa shape index (κ2) is 4.19. The fourth-order valence-corrected chi connectivity index (χ4v) is 1.53. The lowest BCUT2D eigenvalue weighted by Crippen LogP contribution is -2.17. The third kappa shape index (κ3) is 3.15. The molecule has 0 saturated heterocycles. The molecule has 0 aliphatic carbocycles. The highest BCUT2D eigenvalue weighted by atomic mass is 19.4. The maximum atomic E-state index is 12.0. The number of nitrogens with zero attached hydrogens (tertiary/aromatic N) is 1. The number of hydrogen-bond acceptors (Lipinski definition) is 3. The Balaban J connectivity index is 2.14. The molecule has 1 aliphatic rings. The summed E-state index contributed by atoms with van der Waals surface area (Å²) in [5.74, 6) is 0.183. The van der Waals surface area contributed by atoms with Crippen LogP contribution in [0.5, 0.6) is 5.75 Å². The molecule has 1 heterocycles. The second-order valence-electron chi connectivity index (χ2n) is 4.59. The van der Waals surface area contributed by atoms with Gasteiger partial charge < -0.3 is 9.47 Å². The number of alkyl halides is 3. The molecule has 3 nitrogen and oxygen atoms in total. The summed E-state index contributed by atoms with van der Waals surface area (Å²) in [7, 11) is 0. The Morgan fingerprint density at radius 2 is 1.83 bits per heavy atom. The summed E-state index contributed by atoms with van der Waals surface area (Å²) in [6.07, 6.45) is -4.68. The van der Waals surface area contributed by atoms with Crippen LogP contribution in [-0.2, 0) is 4.74 Å². The molecule has 0 aromatic heterocycles. The zero-order valence-corrected chi connectivity index (χ0v) is 9.91. The molecule has 0 unspecified atom stereocenters. The molecule has 6 heteroatoms. The SMILES string of the molecule is CC1(C)COC(c2ccc(OC(F)(F)F)cc2)=N1. The molecule has 0 fully saturated rings. The minimum atomic E-state index is -4.68. The minimum absolute atomic E-state index is 0.260. The van der Waals surface area contributed by atoms with Crippen LogP contribution in [0, 0.1) is 0 Å². The van der Waals surface area contributed by atoms with Crippen molar-refractivity contribution in [2.24, 2.45) is 4.99 Å². The molecular formula is C12H12F3NO2. The van der Waals surface area contributed by atoms with Gasteiger partial charge >= 0.3 is 6.36 Å². The fraction of sp³-hybridized carbons (Fsp3) is 0.417. The average molecular weight is 259 g/mol. The quantitative estimate of drug-likeness (QED) is 0.816. The predicted octanol–water partition coefficient (Wildman–Crippen LogP) is 3.14. The molecule has 18 heavy (non-hydrogen) atoms.